The lowest BCUT2D eigenvalue weighted by Crippen LogP contribution is -2.39. The van der Waals surface area contributed by atoms with Gasteiger partial charge in [0.15, 0.2) is 4.91 Å². The number of carbonyl (C=O) groups is 1. The Kier molecular flexibility index (Phi) is 5.67. The van der Waals surface area contributed by atoms with Crippen molar-refractivity contribution in [3.63, 3.8) is 0 Å². The van der Waals surface area contributed by atoms with Crippen molar-refractivity contribution in [3.05, 3.63) is 113 Å². The second kappa shape index (κ2) is 8.41. The van der Waals surface area contributed by atoms with Crippen molar-refractivity contribution in [1.29, 1.82) is 0 Å². The Balaban J connectivity index is 1.98. The van der Waals surface area contributed by atoms with E-state index in [0.717, 1.165) is 0 Å². The molecule has 0 aromatic heterocycles. The maximum Gasteiger partial charge on any atom is 0.270 e. The molecule has 0 radical (unpaired) electrons. The summed E-state index contributed by atoms with van der Waals surface area (Å²) in [6.07, 6.45) is 1.49. The monoisotopic (exact) mass is 450 g/mol. The van der Waals surface area contributed by atoms with Crippen LogP contribution < -0.4 is 9.62 Å². The van der Waals surface area contributed by atoms with Crippen molar-refractivity contribution >= 4 is 44.5 Å². The number of hydrogen-bond donors (Lipinski definition) is 1. The minimum atomic E-state index is -4.17. The molecule has 0 bridgehead atoms. The average molecular weight is 451 g/mol. The van der Waals surface area contributed by atoms with Crippen LogP contribution in [0.2, 0.25) is 5.02 Å². The number of hydrogen-bond acceptors (Lipinski definition) is 3. The minimum Gasteiger partial charge on any atom is -0.321 e. The largest absolute Gasteiger partial charge is 0.321 e. The van der Waals surface area contributed by atoms with E-state index in [4.69, 9.17) is 11.6 Å². The molecule has 7 heteroatoms. The first-order chi connectivity index (χ1) is 14.9. The minimum absolute atomic E-state index is 0.0371. The van der Waals surface area contributed by atoms with E-state index in [2.05, 4.69) is 11.9 Å². The summed E-state index contributed by atoms with van der Waals surface area (Å²) >= 11 is 6.03. The third kappa shape index (κ3) is 3.87. The van der Waals surface area contributed by atoms with E-state index < -0.39 is 15.9 Å². The van der Waals surface area contributed by atoms with Crippen molar-refractivity contribution < 1.29 is 13.2 Å². The first-order valence-corrected chi connectivity index (χ1v) is 11.3. The van der Waals surface area contributed by atoms with Gasteiger partial charge in [-0.2, -0.15) is 0 Å². The molecule has 1 amide bonds. The second-order valence-electron chi connectivity index (χ2n) is 6.88. The van der Waals surface area contributed by atoms with Gasteiger partial charge in [0.1, 0.15) is 0 Å². The molecule has 1 heterocycles. The van der Waals surface area contributed by atoms with Crippen LogP contribution in [0, 0.1) is 0 Å². The first kappa shape index (κ1) is 20.9. The fourth-order valence-corrected chi connectivity index (χ4v) is 5.48. The molecule has 0 saturated carbocycles. The lowest BCUT2D eigenvalue weighted by atomic mass is 9.95. The summed E-state index contributed by atoms with van der Waals surface area (Å²) in [6.45, 7) is 3.72. The lowest BCUT2D eigenvalue weighted by Gasteiger charge is -2.32. The number of amides is 1. The zero-order chi connectivity index (χ0) is 22.0. The third-order valence-corrected chi connectivity index (χ3v) is 6.93. The number of rotatable bonds is 5. The first-order valence-electron chi connectivity index (χ1n) is 9.53. The number of sulfonamides is 1. The van der Waals surface area contributed by atoms with Crippen molar-refractivity contribution in [1.82, 2.24) is 0 Å². The fourth-order valence-electron chi connectivity index (χ4n) is 3.58. The molecule has 3 aromatic rings. The molecule has 31 heavy (non-hydrogen) atoms. The van der Waals surface area contributed by atoms with Gasteiger partial charge in [0.05, 0.1) is 12.2 Å². The zero-order valence-corrected chi connectivity index (χ0v) is 18.0. The predicted molar refractivity (Wildman–Crippen MR) is 125 cm³/mol. The van der Waals surface area contributed by atoms with Gasteiger partial charge in [-0.15, -0.1) is 6.58 Å². The normalized spacial score (nSPS) is 14.7. The fraction of sp³-hybridized carbons (Fsp3) is 0.0417. The van der Waals surface area contributed by atoms with Crippen LogP contribution >= 0.6 is 11.6 Å². The van der Waals surface area contributed by atoms with Crippen LogP contribution in [-0.4, -0.2) is 20.9 Å². The van der Waals surface area contributed by atoms with E-state index in [1.165, 1.54) is 10.4 Å². The van der Waals surface area contributed by atoms with Gasteiger partial charge in [-0.3, -0.25) is 9.10 Å². The van der Waals surface area contributed by atoms with Crippen LogP contribution in [0.5, 0.6) is 0 Å². The van der Waals surface area contributed by atoms with Crippen LogP contribution in [0.1, 0.15) is 11.1 Å². The van der Waals surface area contributed by atoms with Gasteiger partial charge in [-0.05, 0) is 29.8 Å². The summed E-state index contributed by atoms with van der Waals surface area (Å²) in [5.41, 5.74) is 2.55. The molecular formula is C24H19ClN2O3S. The summed E-state index contributed by atoms with van der Waals surface area (Å²) in [6, 6.07) is 22.7. The standard InChI is InChI=1S/C24H19ClN2O3S/c1-2-15-27-21-14-7-6-13-20(21)22(17-9-4-3-5-10-17)23(31(27,29)30)24(28)26-19-12-8-11-18(25)16-19/h2-14,16H,1,15H2,(H,26,28). The molecular weight excluding hydrogens is 432 g/mol. The Morgan fingerprint density at radius 1 is 1.00 bits per heavy atom. The third-order valence-electron chi connectivity index (χ3n) is 4.86. The highest BCUT2D eigenvalue weighted by molar-refractivity contribution is 7.97. The van der Waals surface area contributed by atoms with Gasteiger partial charge in [-0.1, -0.05) is 72.3 Å². The van der Waals surface area contributed by atoms with E-state index in [0.29, 0.717) is 33.1 Å². The Labute approximate surface area is 186 Å². The molecule has 0 aliphatic carbocycles. The molecule has 1 N–H and O–H groups in total. The summed E-state index contributed by atoms with van der Waals surface area (Å²) in [5.74, 6) is -0.732. The van der Waals surface area contributed by atoms with Crippen LogP contribution in [0.25, 0.3) is 5.57 Å². The van der Waals surface area contributed by atoms with E-state index in [1.54, 1.807) is 60.7 Å². The highest BCUT2D eigenvalue weighted by Crippen LogP contribution is 2.42. The SMILES string of the molecule is C=CCN1c2ccccc2C(c2ccccc2)=C(C(=O)Nc2cccc(Cl)c2)S1(=O)=O. The van der Waals surface area contributed by atoms with E-state index in [9.17, 15) is 13.2 Å². The van der Waals surface area contributed by atoms with Gasteiger partial charge >= 0.3 is 0 Å². The highest BCUT2D eigenvalue weighted by Gasteiger charge is 2.40. The van der Waals surface area contributed by atoms with Crippen molar-refractivity contribution in [3.8, 4) is 0 Å². The average Bonchev–Trinajstić information content (AvgIpc) is 2.75. The molecule has 0 spiro atoms. The van der Waals surface area contributed by atoms with E-state index in [-0.39, 0.29) is 11.4 Å². The molecule has 1 aliphatic heterocycles. The number of carbonyl (C=O) groups excluding carboxylic acids is 1. The number of nitrogens with zero attached hydrogens (tertiary/aromatic N) is 1. The Bertz CT molecular complexity index is 1300. The van der Waals surface area contributed by atoms with Crippen LogP contribution in [-0.2, 0) is 14.8 Å². The van der Waals surface area contributed by atoms with E-state index in [1.807, 2.05) is 18.2 Å². The molecule has 1 aliphatic rings. The summed E-state index contributed by atoms with van der Waals surface area (Å²) in [4.78, 5) is 13.1. The van der Waals surface area contributed by atoms with Gasteiger partial charge in [-0.25, -0.2) is 8.42 Å². The molecule has 156 valence electrons. The van der Waals surface area contributed by atoms with Crippen LogP contribution in [0.15, 0.2) is 96.4 Å². The Morgan fingerprint density at radius 3 is 2.42 bits per heavy atom. The smallest absolute Gasteiger partial charge is 0.270 e. The van der Waals surface area contributed by atoms with Crippen molar-refractivity contribution in [2.75, 3.05) is 16.2 Å². The predicted octanol–water partition coefficient (Wildman–Crippen LogP) is 5.07. The maximum absolute atomic E-state index is 13.7. The van der Waals surface area contributed by atoms with Crippen molar-refractivity contribution in [2.24, 2.45) is 0 Å². The number of halogens is 1. The van der Waals surface area contributed by atoms with Gasteiger partial charge < -0.3 is 5.32 Å². The summed E-state index contributed by atoms with van der Waals surface area (Å²) < 4.78 is 28.6. The highest BCUT2D eigenvalue weighted by atomic mass is 35.5. The molecule has 5 nitrogen and oxygen atoms in total. The molecule has 3 aromatic carbocycles. The number of benzene rings is 3. The molecule has 0 fully saturated rings. The second-order valence-corrected chi connectivity index (χ2v) is 9.11. The van der Waals surface area contributed by atoms with Crippen molar-refractivity contribution in [2.45, 2.75) is 0 Å². The zero-order valence-electron chi connectivity index (χ0n) is 16.5. The number of anilines is 2. The maximum atomic E-state index is 13.7. The molecule has 0 unspecified atom stereocenters. The van der Waals surface area contributed by atoms with Crippen LogP contribution in [0.4, 0.5) is 11.4 Å². The number of fused-ring (bicyclic) bond motifs is 1. The van der Waals surface area contributed by atoms with Gasteiger partial charge in [0, 0.05) is 21.8 Å². The number of nitrogens with one attached hydrogen (secondary N) is 1. The molecule has 0 saturated heterocycles. The topological polar surface area (TPSA) is 66.5 Å². The summed E-state index contributed by atoms with van der Waals surface area (Å²) in [7, 11) is -4.17. The van der Waals surface area contributed by atoms with Gasteiger partial charge in [0.25, 0.3) is 15.9 Å². The molecule has 0 atom stereocenters. The van der Waals surface area contributed by atoms with Crippen LogP contribution in [0.3, 0.4) is 0 Å². The summed E-state index contributed by atoms with van der Waals surface area (Å²) in [5, 5.41) is 3.12. The Morgan fingerprint density at radius 2 is 1.71 bits per heavy atom. The number of para-hydroxylation sites is 1. The van der Waals surface area contributed by atoms with E-state index >= 15 is 0 Å². The Hall–Kier alpha value is -3.35. The quantitative estimate of drug-likeness (QED) is 0.551. The molecule has 4 rings (SSSR count). The van der Waals surface area contributed by atoms with Gasteiger partial charge in [0.2, 0.25) is 0 Å². The lowest BCUT2D eigenvalue weighted by molar-refractivity contribution is -0.112.